The van der Waals surface area contributed by atoms with Crippen molar-refractivity contribution in [3.05, 3.63) is 34.9 Å². The second-order valence-electron chi connectivity index (χ2n) is 3.58. The van der Waals surface area contributed by atoms with Crippen LogP contribution in [-0.4, -0.2) is 5.97 Å². The Labute approximate surface area is 88.8 Å². The Balaban J connectivity index is 3.03. The summed E-state index contributed by atoms with van der Waals surface area (Å²) in [7, 11) is 0. The Hall–Kier alpha value is -1.02. The van der Waals surface area contributed by atoms with E-state index in [1.807, 2.05) is 32.0 Å². The number of hydrogen-bond acceptors (Lipinski definition) is 2. The Bertz CT molecular complexity index is 345. The molecule has 1 rings (SSSR count). The summed E-state index contributed by atoms with van der Waals surface area (Å²) in [5.74, 6) is -0.310. The van der Waals surface area contributed by atoms with Crippen LogP contribution in [0.1, 0.15) is 26.3 Å². The van der Waals surface area contributed by atoms with E-state index in [4.69, 9.17) is 16.3 Å². The lowest BCUT2D eigenvalue weighted by atomic mass is 9.98. The molecule has 0 radical (unpaired) electrons. The van der Waals surface area contributed by atoms with Crippen molar-refractivity contribution < 1.29 is 9.53 Å². The molecule has 1 aromatic rings. The summed E-state index contributed by atoms with van der Waals surface area (Å²) in [6.45, 7) is 5.02. The fourth-order valence-corrected chi connectivity index (χ4v) is 1.73. The fourth-order valence-electron chi connectivity index (χ4n) is 1.36. The van der Waals surface area contributed by atoms with Gasteiger partial charge in [0.25, 0.3) is 0 Å². The van der Waals surface area contributed by atoms with Crippen LogP contribution >= 0.6 is 11.6 Å². The summed E-state index contributed by atoms with van der Waals surface area (Å²) < 4.78 is 5.18. The molecule has 0 aliphatic rings. The summed E-state index contributed by atoms with van der Waals surface area (Å²) in [6.07, 6.45) is 0. The molecule has 3 heteroatoms. The van der Waals surface area contributed by atoms with Crippen LogP contribution in [0.15, 0.2) is 24.3 Å². The molecule has 1 aromatic carbocycles. The first-order chi connectivity index (χ1) is 6.43. The fraction of sp³-hybridized carbons (Fsp3) is 0.364. The molecule has 0 unspecified atom stereocenters. The maximum absolute atomic E-state index is 10.9. The van der Waals surface area contributed by atoms with Gasteiger partial charge in [0, 0.05) is 17.5 Å². The first-order valence-electron chi connectivity index (χ1n) is 4.38. The SMILES string of the molecule is CC(=O)OC(C)(C)c1ccccc1Cl. The number of rotatable bonds is 2. The third-order valence-corrected chi connectivity index (χ3v) is 2.25. The zero-order valence-electron chi connectivity index (χ0n) is 8.50. The van der Waals surface area contributed by atoms with E-state index in [1.54, 1.807) is 6.07 Å². The lowest BCUT2D eigenvalue weighted by Gasteiger charge is -2.25. The molecule has 0 amide bonds. The Morgan fingerprint density at radius 3 is 2.43 bits per heavy atom. The molecule has 0 aromatic heterocycles. The van der Waals surface area contributed by atoms with Crippen LogP contribution in [0.25, 0.3) is 0 Å². The average molecular weight is 213 g/mol. The highest BCUT2D eigenvalue weighted by molar-refractivity contribution is 6.31. The van der Waals surface area contributed by atoms with Crippen molar-refractivity contribution in [3.63, 3.8) is 0 Å². The molecular formula is C11H13ClO2. The van der Waals surface area contributed by atoms with Crippen molar-refractivity contribution in [2.75, 3.05) is 0 Å². The van der Waals surface area contributed by atoms with Gasteiger partial charge >= 0.3 is 5.97 Å². The van der Waals surface area contributed by atoms with Crippen molar-refractivity contribution >= 4 is 17.6 Å². The molecule has 0 fully saturated rings. The highest BCUT2D eigenvalue weighted by Gasteiger charge is 2.25. The minimum atomic E-state index is -0.676. The summed E-state index contributed by atoms with van der Waals surface area (Å²) in [5, 5.41) is 0.610. The van der Waals surface area contributed by atoms with Gasteiger partial charge < -0.3 is 4.74 Å². The Morgan fingerprint density at radius 2 is 1.93 bits per heavy atom. The van der Waals surface area contributed by atoms with Gasteiger partial charge in [0.2, 0.25) is 0 Å². The molecule has 0 N–H and O–H groups in total. The second-order valence-corrected chi connectivity index (χ2v) is 3.99. The largest absolute Gasteiger partial charge is 0.455 e. The van der Waals surface area contributed by atoms with Crippen molar-refractivity contribution in [1.82, 2.24) is 0 Å². The molecule has 0 saturated carbocycles. The van der Waals surface area contributed by atoms with Crippen LogP contribution in [0.2, 0.25) is 5.02 Å². The molecule has 0 bridgehead atoms. The van der Waals surface area contributed by atoms with E-state index in [2.05, 4.69) is 0 Å². The van der Waals surface area contributed by atoms with Crippen molar-refractivity contribution in [3.8, 4) is 0 Å². The summed E-state index contributed by atoms with van der Waals surface area (Å²) in [5.41, 5.74) is 0.140. The van der Waals surface area contributed by atoms with E-state index in [-0.39, 0.29) is 5.97 Å². The number of carbonyl (C=O) groups is 1. The summed E-state index contributed by atoms with van der Waals surface area (Å²) in [6, 6.07) is 7.34. The average Bonchev–Trinajstić information content (AvgIpc) is 2.02. The molecule has 0 aliphatic carbocycles. The molecule has 0 spiro atoms. The van der Waals surface area contributed by atoms with Gasteiger partial charge in [-0.25, -0.2) is 0 Å². The lowest BCUT2D eigenvalue weighted by molar-refractivity contribution is -0.154. The Kier molecular flexibility index (Phi) is 3.17. The number of ether oxygens (including phenoxy) is 1. The standard InChI is InChI=1S/C11H13ClO2/c1-8(13)14-11(2,3)9-6-4-5-7-10(9)12/h4-7H,1-3H3. The number of hydrogen-bond donors (Lipinski definition) is 0. The van der Waals surface area contributed by atoms with Crippen LogP contribution in [0.5, 0.6) is 0 Å². The van der Waals surface area contributed by atoms with Crippen LogP contribution < -0.4 is 0 Å². The predicted octanol–water partition coefficient (Wildman–Crippen LogP) is 3.14. The zero-order chi connectivity index (χ0) is 10.8. The van der Waals surface area contributed by atoms with Crippen LogP contribution in [0.4, 0.5) is 0 Å². The van der Waals surface area contributed by atoms with Gasteiger partial charge in [-0.1, -0.05) is 29.8 Å². The van der Waals surface area contributed by atoms with Crippen molar-refractivity contribution in [1.29, 1.82) is 0 Å². The molecule has 0 heterocycles. The van der Waals surface area contributed by atoms with Gasteiger partial charge in [-0.05, 0) is 19.9 Å². The van der Waals surface area contributed by atoms with E-state index < -0.39 is 5.60 Å². The topological polar surface area (TPSA) is 26.3 Å². The van der Waals surface area contributed by atoms with Crippen molar-refractivity contribution in [2.45, 2.75) is 26.4 Å². The number of esters is 1. The normalized spacial score (nSPS) is 11.1. The van der Waals surface area contributed by atoms with Gasteiger partial charge in [-0.3, -0.25) is 4.79 Å². The van der Waals surface area contributed by atoms with Crippen LogP contribution in [0, 0.1) is 0 Å². The highest BCUT2D eigenvalue weighted by atomic mass is 35.5. The Morgan fingerprint density at radius 1 is 1.36 bits per heavy atom. The number of carbonyl (C=O) groups excluding carboxylic acids is 1. The highest BCUT2D eigenvalue weighted by Crippen LogP contribution is 2.30. The summed E-state index contributed by atoms with van der Waals surface area (Å²) >= 11 is 6.00. The maximum Gasteiger partial charge on any atom is 0.303 e. The molecule has 0 atom stereocenters. The zero-order valence-corrected chi connectivity index (χ0v) is 9.26. The molecular weight excluding hydrogens is 200 g/mol. The van der Waals surface area contributed by atoms with Gasteiger partial charge in [0.1, 0.15) is 5.60 Å². The van der Waals surface area contributed by atoms with Gasteiger partial charge in [-0.15, -0.1) is 0 Å². The van der Waals surface area contributed by atoms with Gasteiger partial charge in [0.15, 0.2) is 0 Å². The molecule has 14 heavy (non-hydrogen) atoms. The van der Waals surface area contributed by atoms with E-state index in [0.717, 1.165) is 5.56 Å². The second kappa shape index (κ2) is 4.01. The third kappa shape index (κ3) is 2.48. The number of halogens is 1. The van der Waals surface area contributed by atoms with E-state index in [0.29, 0.717) is 5.02 Å². The first-order valence-corrected chi connectivity index (χ1v) is 4.76. The molecule has 0 aliphatic heterocycles. The van der Waals surface area contributed by atoms with E-state index in [9.17, 15) is 4.79 Å². The summed E-state index contributed by atoms with van der Waals surface area (Å²) in [4.78, 5) is 10.9. The van der Waals surface area contributed by atoms with E-state index in [1.165, 1.54) is 6.92 Å². The van der Waals surface area contributed by atoms with Gasteiger partial charge in [-0.2, -0.15) is 0 Å². The minimum absolute atomic E-state index is 0.310. The number of benzene rings is 1. The monoisotopic (exact) mass is 212 g/mol. The minimum Gasteiger partial charge on any atom is -0.455 e. The van der Waals surface area contributed by atoms with Crippen LogP contribution in [-0.2, 0) is 15.1 Å². The lowest BCUT2D eigenvalue weighted by Crippen LogP contribution is -2.24. The molecule has 0 saturated heterocycles. The predicted molar refractivity (Wildman–Crippen MR) is 56.2 cm³/mol. The van der Waals surface area contributed by atoms with E-state index >= 15 is 0 Å². The first kappa shape index (κ1) is 11.1. The van der Waals surface area contributed by atoms with Crippen molar-refractivity contribution in [2.24, 2.45) is 0 Å². The third-order valence-electron chi connectivity index (χ3n) is 1.92. The smallest absolute Gasteiger partial charge is 0.303 e. The molecule has 2 nitrogen and oxygen atoms in total. The van der Waals surface area contributed by atoms with Crippen LogP contribution in [0.3, 0.4) is 0 Å². The molecule has 76 valence electrons. The van der Waals surface area contributed by atoms with Gasteiger partial charge in [0.05, 0.1) is 0 Å². The quantitative estimate of drug-likeness (QED) is 0.704. The maximum atomic E-state index is 10.9.